The van der Waals surface area contributed by atoms with Crippen LogP contribution in [0.15, 0.2) is 36.5 Å². The highest BCUT2D eigenvalue weighted by Crippen LogP contribution is 2.19. The molecule has 1 aromatic heterocycles. The zero-order valence-electron chi connectivity index (χ0n) is 16.7. The van der Waals surface area contributed by atoms with E-state index in [0.717, 1.165) is 51.1 Å². The first-order chi connectivity index (χ1) is 13.0. The van der Waals surface area contributed by atoms with Crippen molar-refractivity contribution in [1.29, 1.82) is 0 Å². The maximum absolute atomic E-state index is 13.3. The van der Waals surface area contributed by atoms with Crippen molar-refractivity contribution in [1.82, 2.24) is 19.8 Å². The Kier molecular flexibility index (Phi) is 6.56. The Bertz CT molecular complexity index is 754. The number of amides is 1. The molecule has 5 heteroatoms. The molecule has 0 spiro atoms. The van der Waals surface area contributed by atoms with Gasteiger partial charge >= 0.3 is 0 Å². The highest BCUT2D eigenvalue weighted by molar-refractivity contribution is 5.95. The second-order valence-corrected chi connectivity index (χ2v) is 7.65. The lowest BCUT2D eigenvalue weighted by Gasteiger charge is -2.33. The monoisotopic (exact) mass is 366 g/mol. The molecule has 0 aliphatic carbocycles. The normalized spacial score (nSPS) is 15.7. The molecule has 1 aromatic carbocycles. The fourth-order valence-corrected chi connectivity index (χ4v) is 3.70. The zero-order chi connectivity index (χ0) is 19.2. The van der Waals surface area contributed by atoms with Gasteiger partial charge in [0, 0.05) is 19.3 Å². The third-order valence-electron chi connectivity index (χ3n) is 5.45. The summed E-state index contributed by atoms with van der Waals surface area (Å²) >= 11 is 0. The number of carbonyl (C=O) groups is 1. The number of aryl methyl sites for hydroxylation is 2. The molecule has 0 radical (unpaired) electrons. The van der Waals surface area contributed by atoms with E-state index in [1.165, 1.54) is 5.56 Å². The molecule has 1 saturated heterocycles. The van der Waals surface area contributed by atoms with E-state index in [-0.39, 0.29) is 5.91 Å². The Morgan fingerprint density at radius 2 is 1.89 bits per heavy atom. The fourth-order valence-electron chi connectivity index (χ4n) is 3.70. The molecular formula is C22H30N4O. The van der Waals surface area contributed by atoms with Gasteiger partial charge < -0.3 is 9.80 Å². The molecule has 2 heterocycles. The van der Waals surface area contributed by atoms with Crippen LogP contribution in [-0.2, 0) is 6.42 Å². The maximum atomic E-state index is 13.3. The predicted octanol–water partition coefficient (Wildman–Crippen LogP) is 3.12. The molecule has 0 N–H and O–H groups in total. The van der Waals surface area contributed by atoms with E-state index in [1.54, 1.807) is 6.20 Å². The quantitative estimate of drug-likeness (QED) is 0.788. The number of aromatic nitrogens is 2. The third-order valence-corrected chi connectivity index (χ3v) is 5.45. The van der Waals surface area contributed by atoms with Crippen LogP contribution in [0, 0.1) is 19.8 Å². The number of hydrogen-bond acceptors (Lipinski definition) is 4. The Labute approximate surface area is 162 Å². The van der Waals surface area contributed by atoms with Gasteiger partial charge in [-0.1, -0.05) is 30.3 Å². The van der Waals surface area contributed by atoms with Crippen LogP contribution < -0.4 is 0 Å². The summed E-state index contributed by atoms with van der Waals surface area (Å²) in [5.41, 5.74) is 2.65. The van der Waals surface area contributed by atoms with E-state index < -0.39 is 0 Å². The molecule has 1 aliphatic rings. The molecule has 0 atom stereocenters. The van der Waals surface area contributed by atoms with Crippen molar-refractivity contribution in [3.05, 3.63) is 59.2 Å². The second kappa shape index (κ2) is 9.09. The lowest BCUT2D eigenvalue weighted by atomic mass is 9.96. The molecule has 0 unspecified atom stereocenters. The van der Waals surface area contributed by atoms with Crippen molar-refractivity contribution in [2.24, 2.45) is 5.92 Å². The zero-order valence-corrected chi connectivity index (χ0v) is 16.7. The van der Waals surface area contributed by atoms with E-state index in [2.05, 4.69) is 46.2 Å². The Balaban J connectivity index is 1.74. The molecule has 1 fully saturated rings. The molecule has 5 nitrogen and oxygen atoms in total. The van der Waals surface area contributed by atoms with E-state index >= 15 is 0 Å². The average molecular weight is 367 g/mol. The largest absolute Gasteiger partial charge is 0.338 e. The van der Waals surface area contributed by atoms with Gasteiger partial charge in [0.15, 0.2) is 0 Å². The van der Waals surface area contributed by atoms with E-state index in [9.17, 15) is 4.79 Å². The number of benzene rings is 1. The first-order valence-corrected chi connectivity index (χ1v) is 9.85. The standard InChI is InChI=1S/C22H30N4O/c1-17-21(15-23-18(2)24-17)22(27)26(14-11-19-7-5-4-6-8-19)16-20-9-12-25(3)13-10-20/h4-8,15,20H,9-14,16H2,1-3H3. The molecule has 2 aromatic rings. The molecule has 1 aliphatic heterocycles. The van der Waals surface area contributed by atoms with Crippen LogP contribution in [0.2, 0.25) is 0 Å². The average Bonchev–Trinajstić information content (AvgIpc) is 2.67. The van der Waals surface area contributed by atoms with Crippen LogP contribution >= 0.6 is 0 Å². The fraction of sp³-hybridized carbons (Fsp3) is 0.500. The van der Waals surface area contributed by atoms with Gasteiger partial charge in [0.05, 0.1) is 11.3 Å². The molecule has 0 saturated carbocycles. The van der Waals surface area contributed by atoms with Gasteiger partial charge in [0.2, 0.25) is 0 Å². The van der Waals surface area contributed by atoms with Crippen molar-refractivity contribution in [2.45, 2.75) is 33.1 Å². The van der Waals surface area contributed by atoms with Crippen LogP contribution in [0.5, 0.6) is 0 Å². The van der Waals surface area contributed by atoms with Crippen molar-refractivity contribution in [3.8, 4) is 0 Å². The topological polar surface area (TPSA) is 49.3 Å². The number of nitrogens with zero attached hydrogens (tertiary/aromatic N) is 4. The highest BCUT2D eigenvalue weighted by Gasteiger charge is 2.24. The van der Waals surface area contributed by atoms with Gasteiger partial charge in [-0.15, -0.1) is 0 Å². The van der Waals surface area contributed by atoms with Gasteiger partial charge in [-0.3, -0.25) is 4.79 Å². The molecule has 3 rings (SSSR count). The van der Waals surface area contributed by atoms with Crippen LogP contribution in [0.25, 0.3) is 0 Å². The van der Waals surface area contributed by atoms with Gasteiger partial charge in [-0.2, -0.15) is 0 Å². The van der Waals surface area contributed by atoms with Gasteiger partial charge in [0.25, 0.3) is 5.91 Å². The number of piperidine rings is 1. The Hall–Kier alpha value is -2.27. The molecule has 144 valence electrons. The van der Waals surface area contributed by atoms with Crippen LogP contribution in [0.4, 0.5) is 0 Å². The summed E-state index contributed by atoms with van der Waals surface area (Å²) in [4.78, 5) is 26.3. The number of likely N-dealkylation sites (tertiary alicyclic amines) is 1. The van der Waals surface area contributed by atoms with Crippen molar-refractivity contribution in [3.63, 3.8) is 0 Å². The highest BCUT2D eigenvalue weighted by atomic mass is 16.2. The molecular weight excluding hydrogens is 336 g/mol. The minimum absolute atomic E-state index is 0.0577. The van der Waals surface area contributed by atoms with Crippen LogP contribution in [0.1, 0.15) is 40.3 Å². The Morgan fingerprint density at radius 3 is 2.56 bits per heavy atom. The SMILES string of the molecule is Cc1ncc(C(=O)N(CCc2ccccc2)CC2CCN(C)CC2)c(C)n1. The molecule has 1 amide bonds. The predicted molar refractivity (Wildman–Crippen MR) is 108 cm³/mol. The van der Waals surface area contributed by atoms with Crippen molar-refractivity contribution in [2.75, 3.05) is 33.2 Å². The number of rotatable bonds is 6. The number of carbonyl (C=O) groups excluding carboxylic acids is 1. The smallest absolute Gasteiger partial charge is 0.257 e. The summed E-state index contributed by atoms with van der Waals surface area (Å²) in [5.74, 6) is 1.32. The Morgan fingerprint density at radius 1 is 1.19 bits per heavy atom. The van der Waals surface area contributed by atoms with Crippen LogP contribution in [-0.4, -0.2) is 58.9 Å². The van der Waals surface area contributed by atoms with E-state index in [1.807, 2.05) is 24.8 Å². The minimum atomic E-state index is 0.0577. The summed E-state index contributed by atoms with van der Waals surface area (Å²) in [7, 11) is 2.17. The van der Waals surface area contributed by atoms with Crippen molar-refractivity contribution >= 4 is 5.91 Å². The van der Waals surface area contributed by atoms with E-state index in [0.29, 0.717) is 17.3 Å². The van der Waals surface area contributed by atoms with Gasteiger partial charge in [-0.25, -0.2) is 9.97 Å². The maximum Gasteiger partial charge on any atom is 0.257 e. The summed E-state index contributed by atoms with van der Waals surface area (Å²) < 4.78 is 0. The second-order valence-electron chi connectivity index (χ2n) is 7.65. The number of hydrogen-bond donors (Lipinski definition) is 0. The van der Waals surface area contributed by atoms with E-state index in [4.69, 9.17) is 0 Å². The summed E-state index contributed by atoms with van der Waals surface area (Å²) in [6, 6.07) is 10.4. The lowest BCUT2D eigenvalue weighted by molar-refractivity contribution is 0.0699. The first-order valence-electron chi connectivity index (χ1n) is 9.85. The summed E-state index contributed by atoms with van der Waals surface area (Å²) in [6.45, 7) is 7.51. The third kappa shape index (κ3) is 5.36. The molecule has 27 heavy (non-hydrogen) atoms. The first kappa shape index (κ1) is 19.5. The van der Waals surface area contributed by atoms with Crippen LogP contribution in [0.3, 0.4) is 0 Å². The summed E-state index contributed by atoms with van der Waals surface area (Å²) in [6.07, 6.45) is 4.85. The van der Waals surface area contributed by atoms with Crippen molar-refractivity contribution < 1.29 is 4.79 Å². The molecule has 0 bridgehead atoms. The lowest BCUT2D eigenvalue weighted by Crippen LogP contribution is -2.41. The minimum Gasteiger partial charge on any atom is -0.338 e. The van der Waals surface area contributed by atoms with Gasteiger partial charge in [0.1, 0.15) is 5.82 Å². The summed E-state index contributed by atoms with van der Waals surface area (Å²) in [5, 5.41) is 0. The van der Waals surface area contributed by atoms with Gasteiger partial charge in [-0.05, 0) is 64.7 Å².